The van der Waals surface area contributed by atoms with Gasteiger partial charge in [0.15, 0.2) is 0 Å². The molecule has 6 N–H and O–H groups in total. The fraction of sp³-hybridized carbons (Fsp3) is 0.368. The molecule has 0 unspecified atom stereocenters. The highest BCUT2D eigenvalue weighted by Crippen LogP contribution is 2.34. The zero-order valence-corrected chi connectivity index (χ0v) is 28.7. The number of ether oxygens (including phenoxy) is 2. The number of benzene rings is 2. The van der Waals surface area contributed by atoms with Gasteiger partial charge in [-0.2, -0.15) is 0 Å². The Labute approximate surface area is 291 Å². The Morgan fingerprint density at radius 2 is 1.10 bits per heavy atom. The summed E-state index contributed by atoms with van der Waals surface area (Å²) >= 11 is 0. The van der Waals surface area contributed by atoms with E-state index in [9.17, 15) is 19.8 Å². The smallest absolute Gasteiger partial charge is 0.274 e. The van der Waals surface area contributed by atoms with Gasteiger partial charge in [0.1, 0.15) is 22.9 Å². The Hall–Kier alpha value is -4.88. The Bertz CT molecular complexity index is 1740. The van der Waals surface area contributed by atoms with Crippen molar-refractivity contribution in [3.63, 3.8) is 0 Å². The quantitative estimate of drug-likeness (QED) is 0.118. The number of aliphatic hydroxyl groups excluding tert-OH is 2. The molecule has 2 aliphatic carbocycles. The molecule has 0 saturated heterocycles. The molecule has 2 amide bonds. The topological polar surface area (TPSA) is 167 Å². The first-order valence-corrected chi connectivity index (χ1v) is 16.8. The summed E-state index contributed by atoms with van der Waals surface area (Å²) in [7, 11) is 3.12. The molecule has 2 aromatic heterocycles. The number of anilines is 2. The SMILES string of the molecule is COc1cc(C(=O)Nc2cccc(-c3cccc(NC(=O)c4cc(OC)c(CNC5CC(O)C5)cn4)c3C)c2C)ncc1CNC1CC(O)C1. The first kappa shape index (κ1) is 35.0. The van der Waals surface area contributed by atoms with Crippen molar-refractivity contribution < 1.29 is 29.3 Å². The number of carbonyl (C=O) groups is 2. The van der Waals surface area contributed by atoms with E-state index < -0.39 is 0 Å². The zero-order valence-electron chi connectivity index (χ0n) is 28.7. The lowest BCUT2D eigenvalue weighted by Crippen LogP contribution is -2.43. The molecule has 0 radical (unpaired) electrons. The van der Waals surface area contributed by atoms with Gasteiger partial charge in [-0.25, -0.2) is 0 Å². The molecule has 2 aliphatic rings. The molecule has 2 fully saturated rings. The van der Waals surface area contributed by atoms with Gasteiger partial charge in [0.25, 0.3) is 11.8 Å². The minimum atomic E-state index is -0.366. The summed E-state index contributed by atoms with van der Waals surface area (Å²) in [5, 5.41) is 31.9. The highest BCUT2D eigenvalue weighted by atomic mass is 16.5. The molecule has 0 spiro atoms. The van der Waals surface area contributed by atoms with Crippen LogP contribution in [0.25, 0.3) is 11.1 Å². The number of pyridine rings is 2. The van der Waals surface area contributed by atoms with Crippen molar-refractivity contribution in [2.75, 3.05) is 24.9 Å². The number of aromatic nitrogens is 2. The van der Waals surface area contributed by atoms with Crippen molar-refractivity contribution >= 4 is 23.2 Å². The van der Waals surface area contributed by atoms with Crippen molar-refractivity contribution in [3.05, 3.63) is 94.6 Å². The van der Waals surface area contributed by atoms with Gasteiger partial charge in [-0.3, -0.25) is 19.6 Å². The third-order valence-electron chi connectivity index (χ3n) is 9.64. The predicted octanol–water partition coefficient (Wildman–Crippen LogP) is 4.51. The van der Waals surface area contributed by atoms with Crippen molar-refractivity contribution in [3.8, 4) is 22.6 Å². The van der Waals surface area contributed by atoms with E-state index in [4.69, 9.17) is 9.47 Å². The maximum Gasteiger partial charge on any atom is 0.274 e. The van der Waals surface area contributed by atoms with Gasteiger partial charge in [-0.15, -0.1) is 0 Å². The number of hydrogen-bond donors (Lipinski definition) is 6. The minimum absolute atomic E-state index is 0.225. The Kier molecular flexibility index (Phi) is 10.7. The number of rotatable bonds is 13. The van der Waals surface area contributed by atoms with Crippen LogP contribution in [0, 0.1) is 13.8 Å². The Balaban J connectivity index is 1.14. The zero-order chi connectivity index (χ0) is 35.4. The lowest BCUT2D eigenvalue weighted by Gasteiger charge is -2.32. The molecule has 12 nitrogen and oxygen atoms in total. The summed E-state index contributed by atoms with van der Waals surface area (Å²) < 4.78 is 11.1. The van der Waals surface area contributed by atoms with E-state index in [2.05, 4.69) is 31.2 Å². The van der Waals surface area contributed by atoms with Gasteiger partial charge >= 0.3 is 0 Å². The highest BCUT2D eigenvalue weighted by Gasteiger charge is 2.28. The molecule has 2 heterocycles. The summed E-state index contributed by atoms with van der Waals surface area (Å²) in [5.41, 5.74) is 6.90. The Morgan fingerprint density at radius 1 is 0.700 bits per heavy atom. The fourth-order valence-electron chi connectivity index (χ4n) is 6.34. The summed E-state index contributed by atoms with van der Waals surface area (Å²) in [4.78, 5) is 35.5. The third kappa shape index (κ3) is 7.79. The van der Waals surface area contributed by atoms with Crippen LogP contribution >= 0.6 is 0 Å². The molecular weight excluding hydrogens is 636 g/mol. The number of carbonyl (C=O) groups excluding carboxylic acids is 2. The summed E-state index contributed by atoms with van der Waals surface area (Å²) in [6.45, 7) is 4.93. The molecule has 12 heteroatoms. The van der Waals surface area contributed by atoms with Crippen LogP contribution in [0.15, 0.2) is 60.9 Å². The van der Waals surface area contributed by atoms with E-state index in [0.717, 1.165) is 59.1 Å². The summed E-state index contributed by atoms with van der Waals surface area (Å²) in [6.07, 6.45) is 5.69. The lowest BCUT2D eigenvalue weighted by molar-refractivity contribution is 0.0615. The molecule has 4 aromatic rings. The van der Waals surface area contributed by atoms with Gasteiger partial charge in [0, 0.05) is 72.2 Å². The monoisotopic (exact) mass is 680 g/mol. The molecule has 0 bridgehead atoms. The van der Waals surface area contributed by atoms with Crippen molar-refractivity contribution in [1.82, 2.24) is 20.6 Å². The Morgan fingerprint density at radius 3 is 1.46 bits per heavy atom. The van der Waals surface area contributed by atoms with Crippen LogP contribution in [0.1, 0.15) is 68.9 Å². The number of aliphatic hydroxyl groups is 2. The minimum Gasteiger partial charge on any atom is -0.496 e. The number of hydrogen-bond acceptors (Lipinski definition) is 10. The van der Waals surface area contributed by atoms with Gasteiger partial charge in [-0.1, -0.05) is 24.3 Å². The molecular formula is C38H44N6O6. The normalized spacial score (nSPS) is 19.6. The number of nitrogens with one attached hydrogen (secondary N) is 4. The molecule has 0 aliphatic heterocycles. The molecule has 2 aromatic carbocycles. The van der Waals surface area contributed by atoms with E-state index >= 15 is 0 Å². The molecule has 0 atom stereocenters. The van der Waals surface area contributed by atoms with Crippen LogP contribution in [0.2, 0.25) is 0 Å². The van der Waals surface area contributed by atoms with Gasteiger partial charge in [-0.05, 0) is 73.9 Å². The molecule has 2 saturated carbocycles. The third-order valence-corrected chi connectivity index (χ3v) is 9.64. The summed E-state index contributed by atoms with van der Waals surface area (Å²) in [6, 6.07) is 15.2. The molecule has 50 heavy (non-hydrogen) atoms. The second-order valence-corrected chi connectivity index (χ2v) is 13.0. The number of methoxy groups -OCH3 is 2. The van der Waals surface area contributed by atoms with Gasteiger partial charge < -0.3 is 41.0 Å². The number of nitrogens with zero attached hydrogens (tertiary/aromatic N) is 2. The van der Waals surface area contributed by atoms with E-state index in [1.807, 2.05) is 50.2 Å². The van der Waals surface area contributed by atoms with Gasteiger partial charge in [0.05, 0.1) is 26.4 Å². The second-order valence-electron chi connectivity index (χ2n) is 13.0. The first-order valence-electron chi connectivity index (χ1n) is 16.8. The predicted molar refractivity (Wildman–Crippen MR) is 191 cm³/mol. The lowest BCUT2D eigenvalue weighted by atomic mass is 9.89. The average molecular weight is 681 g/mol. The van der Waals surface area contributed by atoms with Gasteiger partial charge in [0.2, 0.25) is 0 Å². The van der Waals surface area contributed by atoms with Crippen LogP contribution in [0.4, 0.5) is 11.4 Å². The molecule has 262 valence electrons. The molecule has 6 rings (SSSR count). The van der Waals surface area contributed by atoms with Crippen molar-refractivity contribution in [2.45, 2.75) is 76.9 Å². The van der Waals surface area contributed by atoms with Crippen molar-refractivity contribution in [2.24, 2.45) is 0 Å². The first-order chi connectivity index (χ1) is 24.1. The van der Waals surface area contributed by atoms with E-state index in [-0.39, 0.29) is 47.5 Å². The standard InChI is InChI=1S/C38H44N6O6/c1-21-29(7-5-9-31(21)43-37(47)33-15-35(49-3)23(19-41-33)17-39-25-11-27(45)12-25)30-8-6-10-32(22(30)2)44-38(48)34-16-36(50-4)24(20-42-34)18-40-26-13-28(46)14-26/h5-10,15-16,19-20,25-28,39-40,45-46H,11-14,17-18H2,1-4H3,(H,43,47)(H,44,48). The van der Waals surface area contributed by atoms with Crippen molar-refractivity contribution in [1.29, 1.82) is 0 Å². The van der Waals surface area contributed by atoms with E-state index in [0.29, 0.717) is 36.0 Å². The van der Waals surface area contributed by atoms with Crippen LogP contribution in [-0.4, -0.2) is 70.5 Å². The van der Waals surface area contributed by atoms with Crippen LogP contribution in [0.3, 0.4) is 0 Å². The van der Waals surface area contributed by atoms with Crippen LogP contribution < -0.4 is 30.7 Å². The van der Waals surface area contributed by atoms with E-state index in [1.54, 1.807) is 38.7 Å². The van der Waals surface area contributed by atoms with E-state index in [1.165, 1.54) is 0 Å². The summed E-state index contributed by atoms with van der Waals surface area (Å²) in [5.74, 6) is 0.387. The highest BCUT2D eigenvalue weighted by molar-refractivity contribution is 6.05. The average Bonchev–Trinajstić information content (AvgIpc) is 3.09. The largest absolute Gasteiger partial charge is 0.496 e. The van der Waals surface area contributed by atoms with Crippen LogP contribution in [-0.2, 0) is 13.1 Å². The maximum absolute atomic E-state index is 13.3. The van der Waals surface area contributed by atoms with Crippen LogP contribution in [0.5, 0.6) is 11.5 Å². The maximum atomic E-state index is 13.3. The number of amides is 2. The fourth-order valence-corrected chi connectivity index (χ4v) is 6.34. The second kappa shape index (κ2) is 15.3.